The summed E-state index contributed by atoms with van der Waals surface area (Å²) in [5.74, 6) is 1.10. The van der Waals surface area contributed by atoms with Gasteiger partial charge in [-0.15, -0.1) is 0 Å². The minimum Gasteiger partial charge on any atom is -0.493 e. The average Bonchev–Trinajstić information content (AvgIpc) is 3.05. The number of thioether (sulfide) groups is 1. The summed E-state index contributed by atoms with van der Waals surface area (Å²) in [6, 6.07) is 8.97. The van der Waals surface area contributed by atoms with E-state index in [1.165, 1.54) is 11.8 Å². The lowest BCUT2D eigenvalue weighted by molar-refractivity contribution is -0.115. The molecule has 1 aliphatic rings. The Bertz CT molecular complexity index is 1040. The van der Waals surface area contributed by atoms with Gasteiger partial charge in [-0.1, -0.05) is 36.2 Å². The molecular weight excluding hydrogens is 558 g/mol. The molecule has 5 nitrogen and oxygen atoms in total. The zero-order valence-electron chi connectivity index (χ0n) is 16.5. The van der Waals surface area contributed by atoms with Gasteiger partial charge < -0.3 is 14.8 Å². The van der Waals surface area contributed by atoms with Gasteiger partial charge in [0.15, 0.2) is 16.7 Å². The third-order valence-electron chi connectivity index (χ3n) is 4.25. The third kappa shape index (κ3) is 5.43. The highest BCUT2D eigenvalue weighted by atomic mass is 127. The Kier molecular flexibility index (Phi) is 7.95. The molecule has 0 aliphatic carbocycles. The van der Waals surface area contributed by atoms with Crippen molar-refractivity contribution in [3.63, 3.8) is 0 Å². The fraction of sp³-hybridized carbons (Fsp3) is 0.238. The Balaban J connectivity index is 1.88. The molecule has 9 heteroatoms. The molecule has 2 aromatic rings. The molecule has 2 aromatic carbocycles. The fourth-order valence-corrected chi connectivity index (χ4v) is 4.47. The van der Waals surface area contributed by atoms with Crippen molar-refractivity contribution in [2.24, 2.45) is 4.99 Å². The highest BCUT2D eigenvalue weighted by Gasteiger charge is 2.25. The highest BCUT2D eigenvalue weighted by molar-refractivity contribution is 14.1. The molecule has 1 saturated heterocycles. The summed E-state index contributed by atoms with van der Waals surface area (Å²) < 4.78 is 12.4. The second-order valence-electron chi connectivity index (χ2n) is 6.43. The van der Waals surface area contributed by atoms with Crippen molar-refractivity contribution in [3.8, 4) is 11.5 Å². The van der Waals surface area contributed by atoms with Crippen LogP contribution in [0.5, 0.6) is 11.5 Å². The summed E-state index contributed by atoms with van der Waals surface area (Å²) in [6.45, 7) is 4.08. The lowest BCUT2D eigenvalue weighted by atomic mass is 10.2. The van der Waals surface area contributed by atoms with Crippen LogP contribution in [0.1, 0.15) is 25.8 Å². The number of ether oxygens (including phenoxy) is 2. The van der Waals surface area contributed by atoms with E-state index in [1.807, 2.05) is 19.1 Å². The Labute approximate surface area is 203 Å². The van der Waals surface area contributed by atoms with Gasteiger partial charge in [-0.05, 0) is 83.6 Å². The topological polar surface area (TPSA) is 59.9 Å². The maximum absolute atomic E-state index is 12.4. The molecule has 1 heterocycles. The molecule has 0 radical (unpaired) electrons. The van der Waals surface area contributed by atoms with Crippen LogP contribution < -0.4 is 14.8 Å². The van der Waals surface area contributed by atoms with Crippen LogP contribution in [0, 0.1) is 3.57 Å². The zero-order valence-corrected chi connectivity index (χ0v) is 20.9. The van der Waals surface area contributed by atoms with Crippen LogP contribution in [0.15, 0.2) is 40.2 Å². The maximum Gasteiger partial charge on any atom is 0.264 e. The van der Waals surface area contributed by atoms with E-state index in [4.69, 9.17) is 32.7 Å². The van der Waals surface area contributed by atoms with Crippen molar-refractivity contribution < 1.29 is 14.3 Å². The molecule has 0 saturated carbocycles. The van der Waals surface area contributed by atoms with Crippen molar-refractivity contribution in [1.82, 2.24) is 5.32 Å². The van der Waals surface area contributed by atoms with Crippen LogP contribution in [-0.2, 0) is 4.79 Å². The van der Waals surface area contributed by atoms with Crippen molar-refractivity contribution >= 4 is 80.4 Å². The van der Waals surface area contributed by atoms with Gasteiger partial charge in [0.05, 0.1) is 37.4 Å². The molecule has 0 unspecified atom stereocenters. The SMILES string of the molecule is CC[C@@H](C)Oc1c(I)cc(/C=C2\SC(=Nc3cccc(Cl)c3Cl)NC2=O)cc1OC. The number of hydrogen-bond donors (Lipinski definition) is 1. The van der Waals surface area contributed by atoms with Crippen LogP contribution >= 0.6 is 57.6 Å². The smallest absolute Gasteiger partial charge is 0.264 e. The molecule has 3 rings (SSSR count). The minimum atomic E-state index is -0.231. The zero-order chi connectivity index (χ0) is 21.8. The minimum absolute atomic E-state index is 0.0740. The molecule has 30 heavy (non-hydrogen) atoms. The van der Waals surface area contributed by atoms with E-state index in [2.05, 4.69) is 39.8 Å². The fourth-order valence-electron chi connectivity index (χ4n) is 2.54. The van der Waals surface area contributed by atoms with Crippen LogP contribution in [0.4, 0.5) is 5.69 Å². The molecule has 1 amide bonds. The number of amidine groups is 1. The largest absolute Gasteiger partial charge is 0.493 e. The summed E-state index contributed by atoms with van der Waals surface area (Å²) in [7, 11) is 1.60. The standard InChI is InChI=1S/C21H19Cl2IN2O3S/c1-4-11(2)29-19-14(24)8-12(9-16(19)28-3)10-17-20(27)26-21(30-17)25-15-7-5-6-13(22)18(15)23/h5-11H,4H2,1-3H3,(H,25,26,27)/b17-10-/t11-/m1/s1. The van der Waals surface area contributed by atoms with Crippen molar-refractivity contribution in [3.05, 3.63) is 54.4 Å². The first-order valence-corrected chi connectivity index (χ1v) is 11.7. The second-order valence-corrected chi connectivity index (χ2v) is 9.40. The number of halogens is 3. The number of hydrogen-bond acceptors (Lipinski definition) is 5. The summed E-state index contributed by atoms with van der Waals surface area (Å²) in [6.07, 6.45) is 2.75. The number of nitrogens with one attached hydrogen (secondary N) is 1. The summed E-state index contributed by atoms with van der Waals surface area (Å²) >= 11 is 15.7. The maximum atomic E-state index is 12.4. The van der Waals surface area contributed by atoms with Gasteiger partial charge in [0.2, 0.25) is 0 Å². The molecule has 0 aromatic heterocycles. The lowest BCUT2D eigenvalue weighted by Gasteiger charge is -2.17. The van der Waals surface area contributed by atoms with E-state index in [0.717, 1.165) is 15.6 Å². The average molecular weight is 577 g/mol. The number of aliphatic imine (C=N–C) groups is 1. The number of rotatable bonds is 6. The van der Waals surface area contributed by atoms with Gasteiger partial charge in [0.25, 0.3) is 5.91 Å². The van der Waals surface area contributed by atoms with Crippen molar-refractivity contribution in [2.45, 2.75) is 26.4 Å². The van der Waals surface area contributed by atoms with Crippen molar-refractivity contribution in [1.29, 1.82) is 0 Å². The Morgan fingerprint density at radius 3 is 2.80 bits per heavy atom. The van der Waals surface area contributed by atoms with E-state index in [0.29, 0.717) is 37.3 Å². The highest BCUT2D eigenvalue weighted by Crippen LogP contribution is 2.38. The first-order valence-electron chi connectivity index (χ1n) is 9.10. The lowest BCUT2D eigenvalue weighted by Crippen LogP contribution is -2.19. The molecular formula is C21H19Cl2IN2O3S. The van der Waals surface area contributed by atoms with Gasteiger partial charge in [0.1, 0.15) is 0 Å². The first-order chi connectivity index (χ1) is 14.3. The molecule has 1 fully saturated rings. The molecule has 1 N–H and O–H groups in total. The first kappa shape index (κ1) is 23.2. The van der Waals surface area contributed by atoms with Gasteiger partial charge >= 0.3 is 0 Å². The number of methoxy groups -OCH3 is 1. The monoisotopic (exact) mass is 576 g/mol. The Hall–Kier alpha value is -1.42. The van der Waals surface area contributed by atoms with Crippen LogP contribution in [0.2, 0.25) is 10.0 Å². The van der Waals surface area contributed by atoms with E-state index >= 15 is 0 Å². The summed E-state index contributed by atoms with van der Waals surface area (Å²) in [5.41, 5.74) is 1.32. The number of amides is 1. The van der Waals surface area contributed by atoms with Crippen LogP contribution in [0.25, 0.3) is 6.08 Å². The Morgan fingerprint density at radius 1 is 1.33 bits per heavy atom. The second kappa shape index (κ2) is 10.3. The number of nitrogens with zero attached hydrogens (tertiary/aromatic N) is 1. The van der Waals surface area contributed by atoms with E-state index in [9.17, 15) is 4.79 Å². The summed E-state index contributed by atoms with van der Waals surface area (Å²) in [5, 5.41) is 3.94. The third-order valence-corrected chi connectivity index (χ3v) is 6.77. The van der Waals surface area contributed by atoms with Crippen molar-refractivity contribution in [2.75, 3.05) is 7.11 Å². The normalized spacial score (nSPS) is 17.3. The Morgan fingerprint density at radius 2 is 2.10 bits per heavy atom. The number of carbonyl (C=O) groups excluding carboxylic acids is 1. The van der Waals surface area contributed by atoms with E-state index in [-0.39, 0.29) is 12.0 Å². The van der Waals surface area contributed by atoms with E-state index < -0.39 is 0 Å². The van der Waals surface area contributed by atoms with E-state index in [1.54, 1.807) is 31.4 Å². The van der Waals surface area contributed by atoms with Crippen LogP contribution in [0.3, 0.4) is 0 Å². The quantitative estimate of drug-likeness (QED) is 0.308. The molecule has 0 spiro atoms. The van der Waals surface area contributed by atoms with Crippen LogP contribution in [-0.4, -0.2) is 24.3 Å². The predicted octanol–water partition coefficient (Wildman–Crippen LogP) is 6.68. The van der Waals surface area contributed by atoms with Gasteiger partial charge in [-0.25, -0.2) is 4.99 Å². The molecule has 1 aliphatic heterocycles. The molecule has 1 atom stereocenters. The number of benzene rings is 2. The van der Waals surface area contributed by atoms with Gasteiger partial charge in [-0.2, -0.15) is 0 Å². The summed E-state index contributed by atoms with van der Waals surface area (Å²) in [4.78, 5) is 17.4. The molecule has 0 bridgehead atoms. The number of carbonyl (C=O) groups is 1. The van der Waals surface area contributed by atoms with Gasteiger partial charge in [-0.3, -0.25) is 4.79 Å². The molecule has 158 valence electrons. The van der Waals surface area contributed by atoms with Gasteiger partial charge in [0, 0.05) is 0 Å². The predicted molar refractivity (Wildman–Crippen MR) is 133 cm³/mol.